The number of nitrogens with zero attached hydrogens (tertiary/aromatic N) is 1. The minimum absolute atomic E-state index is 0.0985. The lowest BCUT2D eigenvalue weighted by Gasteiger charge is -2.24. The number of hydrogen-bond acceptors (Lipinski definition) is 2. The molecule has 0 spiro atoms. The van der Waals surface area contributed by atoms with Crippen LogP contribution in [-0.4, -0.2) is 31.4 Å². The third-order valence-corrected chi connectivity index (χ3v) is 6.05. The van der Waals surface area contributed by atoms with E-state index in [-0.39, 0.29) is 11.8 Å². The minimum atomic E-state index is -0.0985. The van der Waals surface area contributed by atoms with Crippen LogP contribution in [0.1, 0.15) is 53.6 Å². The van der Waals surface area contributed by atoms with Gasteiger partial charge in [-0.2, -0.15) is 0 Å². The van der Waals surface area contributed by atoms with Crippen molar-refractivity contribution < 1.29 is 14.5 Å². The first-order chi connectivity index (χ1) is 14.2. The molecule has 2 aromatic carbocycles. The molecule has 0 bridgehead atoms. The fraction of sp³-hybridized carbons (Fsp3) is 0.417. The molecule has 29 heavy (non-hydrogen) atoms. The zero-order valence-corrected chi connectivity index (χ0v) is 17.0. The van der Waals surface area contributed by atoms with E-state index in [0.29, 0.717) is 18.5 Å². The average molecular weight is 393 g/mol. The molecule has 2 N–H and O–H groups in total. The summed E-state index contributed by atoms with van der Waals surface area (Å²) >= 11 is 0. The van der Waals surface area contributed by atoms with Crippen LogP contribution in [0.3, 0.4) is 0 Å². The van der Waals surface area contributed by atoms with E-state index in [1.165, 1.54) is 43.5 Å². The van der Waals surface area contributed by atoms with Crippen LogP contribution in [0.5, 0.6) is 0 Å². The van der Waals surface area contributed by atoms with E-state index >= 15 is 0 Å². The second-order valence-corrected chi connectivity index (χ2v) is 8.14. The van der Waals surface area contributed by atoms with Gasteiger partial charge in [0.1, 0.15) is 6.54 Å². The molecule has 2 heterocycles. The van der Waals surface area contributed by atoms with E-state index in [2.05, 4.69) is 23.5 Å². The molecular weight excluding hydrogens is 362 g/mol. The summed E-state index contributed by atoms with van der Waals surface area (Å²) in [7, 11) is 0. The van der Waals surface area contributed by atoms with Gasteiger partial charge < -0.3 is 15.1 Å². The number of likely N-dealkylation sites (tertiary alicyclic amines) is 1. The summed E-state index contributed by atoms with van der Waals surface area (Å²) < 4.78 is 0. The summed E-state index contributed by atoms with van der Waals surface area (Å²) in [6.45, 7) is 4.76. The fourth-order valence-corrected chi connectivity index (χ4v) is 4.41. The Labute approximate surface area is 172 Å². The van der Waals surface area contributed by atoms with Crippen LogP contribution in [0.15, 0.2) is 48.5 Å². The van der Waals surface area contributed by atoms with Crippen molar-refractivity contribution in [2.75, 3.05) is 24.5 Å². The van der Waals surface area contributed by atoms with Crippen LogP contribution in [0.4, 0.5) is 5.69 Å². The van der Waals surface area contributed by atoms with Gasteiger partial charge in [-0.05, 0) is 49.4 Å². The number of carbonyl (C=O) groups is 2. The number of hydrogen-bond donors (Lipinski definition) is 2. The highest BCUT2D eigenvalue weighted by molar-refractivity contribution is 5.99. The number of nitrogens with one attached hydrogen (secondary N) is 2. The van der Waals surface area contributed by atoms with Crippen LogP contribution in [0.2, 0.25) is 0 Å². The maximum Gasteiger partial charge on any atom is 0.251 e. The summed E-state index contributed by atoms with van der Waals surface area (Å²) in [4.78, 5) is 28.1. The fourth-order valence-electron chi connectivity index (χ4n) is 4.41. The number of benzene rings is 2. The summed E-state index contributed by atoms with van der Waals surface area (Å²) in [5.41, 5.74) is 3.92. The highest BCUT2D eigenvalue weighted by Gasteiger charge is 2.22. The molecule has 0 saturated carbocycles. The van der Waals surface area contributed by atoms with Crippen molar-refractivity contribution in [3.8, 4) is 0 Å². The summed E-state index contributed by atoms with van der Waals surface area (Å²) in [6, 6.07) is 15.8. The van der Waals surface area contributed by atoms with Crippen LogP contribution in [0, 0.1) is 0 Å². The van der Waals surface area contributed by atoms with Gasteiger partial charge in [-0.3, -0.25) is 9.59 Å². The smallest absolute Gasteiger partial charge is 0.251 e. The Bertz CT molecular complexity index is 874. The first-order valence-electron chi connectivity index (χ1n) is 10.8. The van der Waals surface area contributed by atoms with Crippen molar-refractivity contribution >= 4 is 17.5 Å². The molecule has 2 fully saturated rings. The molecule has 0 atom stereocenters. The molecule has 2 amide bonds. The zero-order valence-electron chi connectivity index (χ0n) is 17.0. The Morgan fingerprint density at radius 2 is 1.76 bits per heavy atom. The van der Waals surface area contributed by atoms with Gasteiger partial charge in [0, 0.05) is 36.3 Å². The molecule has 0 aliphatic carbocycles. The van der Waals surface area contributed by atoms with Crippen LogP contribution < -0.4 is 15.1 Å². The van der Waals surface area contributed by atoms with Gasteiger partial charge in [-0.25, -0.2) is 0 Å². The van der Waals surface area contributed by atoms with Gasteiger partial charge in [0.05, 0.1) is 13.1 Å². The predicted molar refractivity (Wildman–Crippen MR) is 114 cm³/mol. The quantitative estimate of drug-likeness (QED) is 0.793. The molecular formula is C24H30N3O2+. The molecule has 0 radical (unpaired) electrons. The lowest BCUT2D eigenvalue weighted by atomic mass is 10.0. The lowest BCUT2D eigenvalue weighted by molar-refractivity contribution is -0.918. The Balaban J connectivity index is 1.40. The largest absolute Gasteiger partial charge is 0.348 e. The summed E-state index contributed by atoms with van der Waals surface area (Å²) in [6.07, 6.45) is 5.44. The van der Waals surface area contributed by atoms with Crippen molar-refractivity contribution in [3.05, 3.63) is 65.2 Å². The minimum Gasteiger partial charge on any atom is -0.348 e. The first-order valence-corrected chi connectivity index (χ1v) is 10.8. The molecule has 2 aliphatic rings. The molecule has 5 nitrogen and oxygen atoms in total. The first kappa shape index (κ1) is 19.6. The van der Waals surface area contributed by atoms with Crippen molar-refractivity contribution in [2.45, 2.75) is 45.2 Å². The highest BCUT2D eigenvalue weighted by atomic mass is 16.2. The highest BCUT2D eigenvalue weighted by Crippen LogP contribution is 2.22. The second-order valence-electron chi connectivity index (χ2n) is 8.14. The predicted octanol–water partition coefficient (Wildman–Crippen LogP) is 2.31. The molecule has 152 valence electrons. The molecule has 2 aliphatic heterocycles. The van der Waals surface area contributed by atoms with Crippen molar-refractivity contribution in [2.24, 2.45) is 0 Å². The number of anilines is 1. The van der Waals surface area contributed by atoms with Crippen molar-refractivity contribution in [1.29, 1.82) is 0 Å². The van der Waals surface area contributed by atoms with Crippen LogP contribution in [-0.2, 0) is 17.9 Å². The van der Waals surface area contributed by atoms with Gasteiger partial charge in [0.25, 0.3) is 5.91 Å². The molecule has 0 unspecified atom stereocenters. The number of piperidine rings is 1. The van der Waals surface area contributed by atoms with Gasteiger partial charge in [0.2, 0.25) is 5.91 Å². The maximum atomic E-state index is 12.7. The standard InChI is InChI=1S/C24H29N3O2/c28-23-12-7-15-27(23)22-11-6-10-19(16-22)24(29)25-17-20-8-2-3-9-21(20)18-26-13-4-1-5-14-26/h2-3,6,8-11,16H,1,4-5,7,12-15,17-18H2,(H,25,29)/p+1. The Kier molecular flexibility index (Phi) is 6.25. The number of carbonyl (C=O) groups excluding carboxylic acids is 2. The Morgan fingerprint density at radius 3 is 2.52 bits per heavy atom. The Morgan fingerprint density at radius 1 is 0.966 bits per heavy atom. The van der Waals surface area contributed by atoms with E-state index in [4.69, 9.17) is 0 Å². The Hall–Kier alpha value is -2.66. The van der Waals surface area contributed by atoms with E-state index in [1.807, 2.05) is 30.3 Å². The maximum absolute atomic E-state index is 12.7. The lowest BCUT2D eigenvalue weighted by Crippen LogP contribution is -3.11. The number of amides is 2. The van der Waals surface area contributed by atoms with Gasteiger partial charge >= 0.3 is 0 Å². The van der Waals surface area contributed by atoms with Gasteiger partial charge in [-0.15, -0.1) is 0 Å². The van der Waals surface area contributed by atoms with E-state index in [0.717, 1.165) is 25.2 Å². The molecule has 4 rings (SSSR count). The van der Waals surface area contributed by atoms with Crippen molar-refractivity contribution in [3.63, 3.8) is 0 Å². The average Bonchev–Trinajstić information content (AvgIpc) is 3.19. The third-order valence-electron chi connectivity index (χ3n) is 6.05. The van der Waals surface area contributed by atoms with E-state index < -0.39 is 0 Å². The summed E-state index contributed by atoms with van der Waals surface area (Å²) in [5.74, 6) is 0.0373. The van der Waals surface area contributed by atoms with E-state index in [1.54, 1.807) is 9.80 Å². The monoisotopic (exact) mass is 392 g/mol. The van der Waals surface area contributed by atoms with Crippen molar-refractivity contribution in [1.82, 2.24) is 5.32 Å². The van der Waals surface area contributed by atoms with Crippen LogP contribution in [0.25, 0.3) is 0 Å². The summed E-state index contributed by atoms with van der Waals surface area (Å²) in [5, 5.41) is 3.07. The molecule has 5 heteroatoms. The SMILES string of the molecule is O=C(NCc1ccccc1C[NH+]1CCCCC1)c1cccc(N2CCCC2=O)c1. The third kappa shape index (κ3) is 4.85. The number of rotatable bonds is 6. The zero-order chi connectivity index (χ0) is 20.1. The topological polar surface area (TPSA) is 53.9 Å². The van der Waals surface area contributed by atoms with E-state index in [9.17, 15) is 9.59 Å². The molecule has 2 aromatic rings. The van der Waals surface area contributed by atoms with Gasteiger partial charge in [0.15, 0.2) is 0 Å². The second kappa shape index (κ2) is 9.23. The van der Waals surface area contributed by atoms with Gasteiger partial charge in [-0.1, -0.05) is 30.3 Å². The number of quaternary nitrogens is 1. The van der Waals surface area contributed by atoms with Crippen LogP contribution >= 0.6 is 0 Å². The molecule has 0 aromatic heterocycles. The molecule has 2 saturated heterocycles. The normalized spacial score (nSPS) is 17.5.